The molecule has 0 saturated heterocycles. The zero-order chi connectivity index (χ0) is 13.9. The molecule has 1 heterocycles. The van der Waals surface area contributed by atoms with E-state index in [1.165, 1.54) is 18.2 Å². The minimum absolute atomic E-state index is 0.111. The molecule has 7 heteroatoms. The summed E-state index contributed by atoms with van der Waals surface area (Å²) in [7, 11) is 0. The van der Waals surface area contributed by atoms with E-state index in [9.17, 15) is 13.2 Å². The molecule has 102 valence electrons. The third-order valence-corrected chi connectivity index (χ3v) is 2.72. The molecular formula is C12H10ClF3N2O. The van der Waals surface area contributed by atoms with E-state index in [1.54, 1.807) is 0 Å². The van der Waals surface area contributed by atoms with Crippen molar-refractivity contribution < 1.29 is 17.6 Å². The third-order valence-electron chi connectivity index (χ3n) is 2.45. The highest BCUT2D eigenvalue weighted by Gasteiger charge is 2.34. The summed E-state index contributed by atoms with van der Waals surface area (Å²) in [6.07, 6.45) is -3.38. The van der Waals surface area contributed by atoms with Crippen LogP contribution in [0.5, 0.6) is 0 Å². The lowest BCUT2D eigenvalue weighted by atomic mass is 10.1. The summed E-state index contributed by atoms with van der Waals surface area (Å²) in [5.74, 6) is 0.585. The molecule has 0 fully saturated rings. The second kappa shape index (κ2) is 5.61. The molecule has 3 nitrogen and oxygen atoms in total. The van der Waals surface area contributed by atoms with Crippen molar-refractivity contribution in [1.82, 2.24) is 10.2 Å². The number of hydrogen-bond donors (Lipinski definition) is 0. The van der Waals surface area contributed by atoms with Gasteiger partial charge in [0.25, 0.3) is 0 Å². The molecule has 19 heavy (non-hydrogen) atoms. The maximum atomic E-state index is 12.8. The zero-order valence-electron chi connectivity index (χ0n) is 9.75. The molecule has 0 aliphatic heterocycles. The quantitative estimate of drug-likeness (QED) is 0.801. The van der Waals surface area contributed by atoms with Gasteiger partial charge in [-0.2, -0.15) is 13.2 Å². The number of alkyl halides is 4. The highest BCUT2D eigenvalue weighted by molar-refractivity contribution is 6.17. The van der Waals surface area contributed by atoms with Crippen molar-refractivity contribution in [3.8, 4) is 11.5 Å². The molecule has 0 atom stereocenters. The first kappa shape index (κ1) is 13.9. The Bertz CT molecular complexity index is 554. The van der Waals surface area contributed by atoms with E-state index >= 15 is 0 Å². The van der Waals surface area contributed by atoms with Gasteiger partial charge in [-0.25, -0.2) is 0 Å². The van der Waals surface area contributed by atoms with Crippen LogP contribution < -0.4 is 0 Å². The number of hydrogen-bond acceptors (Lipinski definition) is 3. The van der Waals surface area contributed by atoms with Crippen molar-refractivity contribution in [3.05, 3.63) is 35.7 Å². The van der Waals surface area contributed by atoms with Crippen LogP contribution in [0.4, 0.5) is 13.2 Å². The van der Waals surface area contributed by atoms with Crippen LogP contribution in [0, 0.1) is 0 Å². The molecule has 0 saturated carbocycles. The van der Waals surface area contributed by atoms with Crippen molar-refractivity contribution >= 4 is 11.6 Å². The van der Waals surface area contributed by atoms with Crippen molar-refractivity contribution in [3.63, 3.8) is 0 Å². The molecule has 0 unspecified atom stereocenters. The van der Waals surface area contributed by atoms with Gasteiger partial charge in [0.05, 0.1) is 11.1 Å². The number of rotatable bonds is 4. The average molecular weight is 291 g/mol. The smallest absolute Gasteiger partial charge is 0.417 e. The largest absolute Gasteiger partial charge is 0.421 e. The maximum absolute atomic E-state index is 12.8. The zero-order valence-corrected chi connectivity index (χ0v) is 10.5. The lowest BCUT2D eigenvalue weighted by molar-refractivity contribution is -0.137. The molecule has 2 rings (SSSR count). The number of aryl methyl sites for hydroxylation is 1. The van der Waals surface area contributed by atoms with E-state index in [1.807, 2.05) is 0 Å². The van der Waals surface area contributed by atoms with Crippen LogP contribution in [0.2, 0.25) is 0 Å². The first-order valence-corrected chi connectivity index (χ1v) is 6.11. The van der Waals surface area contributed by atoms with Crippen LogP contribution in [-0.4, -0.2) is 16.1 Å². The number of benzene rings is 1. The van der Waals surface area contributed by atoms with Crippen LogP contribution in [0.15, 0.2) is 28.7 Å². The Balaban J connectivity index is 2.34. The molecule has 0 spiro atoms. The summed E-state index contributed by atoms with van der Waals surface area (Å²) in [4.78, 5) is 0. The first-order chi connectivity index (χ1) is 9.02. The number of nitrogens with zero attached hydrogens (tertiary/aromatic N) is 2. The van der Waals surface area contributed by atoms with E-state index in [4.69, 9.17) is 16.0 Å². The van der Waals surface area contributed by atoms with Gasteiger partial charge in [-0.1, -0.05) is 12.1 Å². The Morgan fingerprint density at radius 3 is 2.58 bits per heavy atom. The molecule has 0 radical (unpaired) electrons. The van der Waals surface area contributed by atoms with E-state index in [2.05, 4.69) is 10.2 Å². The summed E-state index contributed by atoms with van der Waals surface area (Å²) in [6.45, 7) is 0. The van der Waals surface area contributed by atoms with E-state index < -0.39 is 11.7 Å². The second-order valence-corrected chi connectivity index (χ2v) is 4.21. The summed E-state index contributed by atoms with van der Waals surface area (Å²) in [5.41, 5.74) is -0.901. The SMILES string of the molecule is FC(F)(F)c1ccccc1-c1nnc(CCCCl)o1. The predicted molar refractivity (Wildman–Crippen MR) is 63.8 cm³/mol. The lowest BCUT2D eigenvalue weighted by Crippen LogP contribution is -2.06. The minimum atomic E-state index is -4.46. The highest BCUT2D eigenvalue weighted by atomic mass is 35.5. The first-order valence-electron chi connectivity index (χ1n) is 5.57. The summed E-state index contributed by atoms with van der Waals surface area (Å²) in [5, 5.41) is 7.36. The Kier molecular flexibility index (Phi) is 4.09. The van der Waals surface area contributed by atoms with Crippen molar-refractivity contribution in [2.24, 2.45) is 0 Å². The number of halogens is 4. The molecule has 1 aromatic carbocycles. The van der Waals surface area contributed by atoms with Crippen LogP contribution in [0.25, 0.3) is 11.5 Å². The van der Waals surface area contributed by atoms with Gasteiger partial charge in [-0.15, -0.1) is 21.8 Å². The summed E-state index contributed by atoms with van der Waals surface area (Å²) < 4.78 is 43.7. The second-order valence-electron chi connectivity index (χ2n) is 3.84. The van der Waals surface area contributed by atoms with Gasteiger partial charge in [0.2, 0.25) is 11.8 Å². The summed E-state index contributed by atoms with van der Waals surface area (Å²) >= 11 is 5.52. The molecule has 0 aliphatic carbocycles. The van der Waals surface area contributed by atoms with Gasteiger partial charge < -0.3 is 4.42 Å². The predicted octanol–water partition coefficient (Wildman–Crippen LogP) is 3.93. The van der Waals surface area contributed by atoms with Crippen LogP contribution in [-0.2, 0) is 12.6 Å². The van der Waals surface area contributed by atoms with E-state index in [-0.39, 0.29) is 17.3 Å². The van der Waals surface area contributed by atoms with E-state index in [0.717, 1.165) is 6.07 Å². The molecule has 0 amide bonds. The van der Waals surface area contributed by atoms with Gasteiger partial charge in [-0.3, -0.25) is 0 Å². The fourth-order valence-corrected chi connectivity index (χ4v) is 1.73. The highest BCUT2D eigenvalue weighted by Crippen LogP contribution is 2.36. The molecule has 0 bridgehead atoms. The van der Waals surface area contributed by atoms with Crippen molar-refractivity contribution in [2.45, 2.75) is 19.0 Å². The molecule has 2 aromatic rings. The maximum Gasteiger partial charge on any atom is 0.417 e. The molecular weight excluding hydrogens is 281 g/mol. The Morgan fingerprint density at radius 2 is 1.89 bits per heavy atom. The Hall–Kier alpha value is -1.56. The normalized spacial score (nSPS) is 11.8. The van der Waals surface area contributed by atoms with Gasteiger partial charge in [0.1, 0.15) is 0 Å². The van der Waals surface area contributed by atoms with Gasteiger partial charge >= 0.3 is 6.18 Å². The van der Waals surface area contributed by atoms with Crippen LogP contribution in [0.1, 0.15) is 17.9 Å². The molecule has 0 N–H and O–H groups in total. The van der Waals surface area contributed by atoms with Crippen molar-refractivity contribution in [1.29, 1.82) is 0 Å². The number of aromatic nitrogens is 2. The van der Waals surface area contributed by atoms with Crippen molar-refractivity contribution in [2.75, 3.05) is 5.88 Å². The fourth-order valence-electron chi connectivity index (χ4n) is 1.60. The monoisotopic (exact) mass is 290 g/mol. The van der Waals surface area contributed by atoms with Crippen LogP contribution >= 0.6 is 11.6 Å². The topological polar surface area (TPSA) is 38.9 Å². The minimum Gasteiger partial charge on any atom is -0.421 e. The third kappa shape index (κ3) is 3.26. The molecule has 0 aliphatic rings. The van der Waals surface area contributed by atoms with Gasteiger partial charge in [0.15, 0.2) is 0 Å². The van der Waals surface area contributed by atoms with E-state index in [0.29, 0.717) is 18.7 Å². The van der Waals surface area contributed by atoms with Gasteiger partial charge in [-0.05, 0) is 18.6 Å². The average Bonchev–Trinajstić information content (AvgIpc) is 2.84. The Morgan fingerprint density at radius 1 is 1.16 bits per heavy atom. The lowest BCUT2D eigenvalue weighted by Gasteiger charge is -2.09. The van der Waals surface area contributed by atoms with Crippen LogP contribution in [0.3, 0.4) is 0 Å². The fraction of sp³-hybridized carbons (Fsp3) is 0.333. The standard InChI is InChI=1S/C12H10ClF3N2O/c13-7-3-6-10-17-18-11(19-10)8-4-1-2-5-9(8)12(14,15)16/h1-2,4-5H,3,6-7H2. The van der Waals surface area contributed by atoms with Gasteiger partial charge in [0, 0.05) is 12.3 Å². The summed E-state index contributed by atoms with van der Waals surface area (Å²) in [6, 6.07) is 5.10. The molecule has 1 aromatic heterocycles. The Labute approximate surface area is 112 Å².